The normalized spacial score (nSPS) is 10.7. The number of methoxy groups -OCH3 is 1. The van der Waals surface area contributed by atoms with E-state index in [1.165, 1.54) is 19.3 Å². The van der Waals surface area contributed by atoms with Crippen molar-refractivity contribution in [2.24, 2.45) is 0 Å². The van der Waals surface area contributed by atoms with Crippen LogP contribution < -0.4 is 19.5 Å². The van der Waals surface area contributed by atoms with Gasteiger partial charge in [-0.25, -0.2) is 9.18 Å². The molecule has 0 spiro atoms. The minimum Gasteiger partial charge on any atom is -0.493 e. The van der Waals surface area contributed by atoms with Crippen LogP contribution in [0.15, 0.2) is 102 Å². The molecular formula is C30H23BrFNO5. The Bertz CT molecular complexity index is 1460. The summed E-state index contributed by atoms with van der Waals surface area (Å²) in [5.41, 5.74) is 2.18. The number of rotatable bonds is 9. The van der Waals surface area contributed by atoms with Gasteiger partial charge in [0.2, 0.25) is 0 Å². The van der Waals surface area contributed by atoms with Crippen LogP contribution in [-0.4, -0.2) is 19.0 Å². The van der Waals surface area contributed by atoms with Gasteiger partial charge in [-0.05, 0) is 82.2 Å². The molecule has 0 heterocycles. The van der Waals surface area contributed by atoms with Crippen molar-refractivity contribution in [1.29, 1.82) is 0 Å². The molecule has 0 radical (unpaired) electrons. The summed E-state index contributed by atoms with van der Waals surface area (Å²) in [6.45, 7) is 0.0237. The van der Waals surface area contributed by atoms with Crippen molar-refractivity contribution in [3.05, 3.63) is 124 Å². The zero-order valence-corrected chi connectivity index (χ0v) is 21.9. The van der Waals surface area contributed by atoms with Crippen LogP contribution in [-0.2, 0) is 11.4 Å². The molecular weight excluding hydrogens is 553 g/mol. The fraction of sp³-hybridized carbons (Fsp3) is 0.0667. The number of halogens is 2. The molecule has 6 nitrogen and oxygen atoms in total. The number of hydrogen-bond donors (Lipinski definition) is 1. The molecule has 0 bridgehead atoms. The molecule has 0 saturated heterocycles. The Morgan fingerprint density at radius 1 is 0.947 bits per heavy atom. The van der Waals surface area contributed by atoms with Crippen LogP contribution in [0.1, 0.15) is 21.5 Å². The second-order valence-electron chi connectivity index (χ2n) is 8.01. The van der Waals surface area contributed by atoms with Crippen LogP contribution >= 0.6 is 15.9 Å². The standard InChI is InChI=1S/C30H23BrFNO5/c1-36-27-18-20(17-25(31)29(27)37-19-22-7-5-6-10-26(22)32)11-16-28(34)38-24-14-12-21(13-15-24)30(35)33-23-8-3-2-4-9-23/h2-18H,19H2,1H3,(H,33,35)/b16-11+. The van der Waals surface area contributed by atoms with Crippen molar-refractivity contribution in [2.75, 3.05) is 12.4 Å². The summed E-state index contributed by atoms with van der Waals surface area (Å²) >= 11 is 3.45. The zero-order chi connectivity index (χ0) is 26.9. The van der Waals surface area contributed by atoms with Crippen molar-refractivity contribution >= 4 is 39.6 Å². The number of hydrogen-bond acceptors (Lipinski definition) is 5. The first kappa shape index (κ1) is 26.6. The van der Waals surface area contributed by atoms with Crippen molar-refractivity contribution < 1.29 is 28.2 Å². The minimum atomic E-state index is -0.596. The average molecular weight is 576 g/mol. The number of carbonyl (C=O) groups excluding carboxylic acids is 2. The number of anilines is 1. The monoisotopic (exact) mass is 575 g/mol. The highest BCUT2D eigenvalue weighted by Gasteiger charge is 2.13. The topological polar surface area (TPSA) is 73.9 Å². The number of carbonyl (C=O) groups is 2. The Morgan fingerprint density at radius 3 is 2.37 bits per heavy atom. The van der Waals surface area contributed by atoms with Crippen molar-refractivity contribution in [3.8, 4) is 17.2 Å². The highest BCUT2D eigenvalue weighted by atomic mass is 79.9. The van der Waals surface area contributed by atoms with Crippen LogP contribution in [0.2, 0.25) is 0 Å². The number of benzene rings is 4. The van der Waals surface area contributed by atoms with Crippen molar-refractivity contribution in [1.82, 2.24) is 0 Å². The number of para-hydroxylation sites is 1. The molecule has 0 fully saturated rings. The van der Waals surface area contributed by atoms with Gasteiger partial charge in [0.25, 0.3) is 5.91 Å². The summed E-state index contributed by atoms with van der Waals surface area (Å²) in [5.74, 6) is -0.103. The van der Waals surface area contributed by atoms with E-state index in [-0.39, 0.29) is 18.3 Å². The summed E-state index contributed by atoms with van der Waals surface area (Å²) in [4.78, 5) is 24.7. The fourth-order valence-corrected chi connectivity index (χ4v) is 4.03. The maximum absolute atomic E-state index is 13.9. The summed E-state index contributed by atoms with van der Waals surface area (Å²) in [6.07, 6.45) is 2.84. The van der Waals surface area contributed by atoms with E-state index in [1.807, 2.05) is 18.2 Å². The lowest BCUT2D eigenvalue weighted by Gasteiger charge is -2.14. The molecule has 4 rings (SSSR count). The number of nitrogens with one attached hydrogen (secondary N) is 1. The molecule has 1 N–H and O–H groups in total. The largest absolute Gasteiger partial charge is 0.493 e. The maximum atomic E-state index is 13.9. The Kier molecular flexibility index (Phi) is 8.89. The molecule has 0 atom stereocenters. The number of amides is 1. The molecule has 0 aliphatic carbocycles. The Morgan fingerprint density at radius 2 is 1.66 bits per heavy atom. The second-order valence-corrected chi connectivity index (χ2v) is 8.87. The van der Waals surface area contributed by atoms with Crippen LogP contribution in [0.25, 0.3) is 6.08 Å². The third-order valence-corrected chi connectivity index (χ3v) is 5.95. The molecule has 4 aromatic carbocycles. The first-order chi connectivity index (χ1) is 18.4. The Hall–Kier alpha value is -4.43. The van der Waals surface area contributed by atoms with Crippen LogP contribution in [0.4, 0.5) is 10.1 Å². The third-order valence-electron chi connectivity index (χ3n) is 5.36. The lowest BCUT2D eigenvalue weighted by molar-refractivity contribution is -0.128. The lowest BCUT2D eigenvalue weighted by Crippen LogP contribution is -2.11. The van der Waals surface area contributed by atoms with Gasteiger partial charge < -0.3 is 19.5 Å². The van der Waals surface area contributed by atoms with Gasteiger partial charge in [-0.2, -0.15) is 0 Å². The zero-order valence-electron chi connectivity index (χ0n) is 20.3. The van der Waals surface area contributed by atoms with E-state index in [1.54, 1.807) is 72.8 Å². The molecule has 0 unspecified atom stereocenters. The predicted octanol–water partition coefficient (Wildman–Crippen LogP) is 7.05. The van der Waals surface area contributed by atoms with E-state index in [2.05, 4.69) is 21.2 Å². The molecule has 1 amide bonds. The third kappa shape index (κ3) is 7.08. The fourth-order valence-electron chi connectivity index (χ4n) is 3.45. The molecule has 8 heteroatoms. The predicted molar refractivity (Wildman–Crippen MR) is 147 cm³/mol. The van der Waals surface area contributed by atoms with Gasteiger partial charge >= 0.3 is 5.97 Å². The summed E-state index contributed by atoms with van der Waals surface area (Å²) in [7, 11) is 1.49. The van der Waals surface area contributed by atoms with Gasteiger partial charge in [0.1, 0.15) is 18.2 Å². The van der Waals surface area contributed by atoms with Crippen molar-refractivity contribution in [3.63, 3.8) is 0 Å². The molecule has 4 aromatic rings. The van der Waals surface area contributed by atoms with E-state index in [9.17, 15) is 14.0 Å². The van der Waals surface area contributed by atoms with Gasteiger partial charge in [-0.15, -0.1) is 0 Å². The Labute approximate surface area is 227 Å². The second kappa shape index (κ2) is 12.7. The minimum absolute atomic E-state index is 0.0237. The van der Waals surface area contributed by atoms with Gasteiger partial charge in [-0.3, -0.25) is 4.79 Å². The average Bonchev–Trinajstić information content (AvgIpc) is 2.92. The molecule has 0 aliphatic heterocycles. The maximum Gasteiger partial charge on any atom is 0.336 e. The van der Waals surface area contributed by atoms with Crippen LogP contribution in [0.5, 0.6) is 17.2 Å². The highest BCUT2D eigenvalue weighted by Crippen LogP contribution is 2.37. The first-order valence-corrected chi connectivity index (χ1v) is 12.3. The summed E-state index contributed by atoms with van der Waals surface area (Å²) in [5, 5.41) is 2.80. The number of ether oxygens (including phenoxy) is 3. The van der Waals surface area contributed by atoms with E-state index >= 15 is 0 Å². The van der Waals surface area contributed by atoms with E-state index in [0.717, 1.165) is 0 Å². The van der Waals surface area contributed by atoms with Crippen LogP contribution in [0, 0.1) is 5.82 Å². The van der Waals surface area contributed by atoms with Crippen LogP contribution in [0.3, 0.4) is 0 Å². The summed E-state index contributed by atoms with van der Waals surface area (Å²) in [6, 6.07) is 25.1. The molecule has 0 aliphatic rings. The van der Waals surface area contributed by atoms with Gasteiger partial charge in [0.05, 0.1) is 11.6 Å². The van der Waals surface area contributed by atoms with Gasteiger partial charge in [0, 0.05) is 22.9 Å². The lowest BCUT2D eigenvalue weighted by atomic mass is 10.2. The molecule has 0 saturated carbocycles. The highest BCUT2D eigenvalue weighted by molar-refractivity contribution is 9.10. The SMILES string of the molecule is COc1cc(/C=C/C(=O)Oc2ccc(C(=O)Nc3ccccc3)cc2)cc(Br)c1OCc1ccccc1F. The van der Waals surface area contributed by atoms with E-state index in [4.69, 9.17) is 14.2 Å². The van der Waals surface area contributed by atoms with E-state index in [0.29, 0.717) is 44.1 Å². The first-order valence-electron chi connectivity index (χ1n) is 11.5. The van der Waals surface area contributed by atoms with E-state index < -0.39 is 5.97 Å². The quantitative estimate of drug-likeness (QED) is 0.131. The van der Waals surface area contributed by atoms with Gasteiger partial charge in [0.15, 0.2) is 11.5 Å². The number of esters is 1. The smallest absolute Gasteiger partial charge is 0.336 e. The molecule has 192 valence electrons. The molecule has 0 aromatic heterocycles. The molecule has 38 heavy (non-hydrogen) atoms. The van der Waals surface area contributed by atoms with Crippen molar-refractivity contribution in [2.45, 2.75) is 6.61 Å². The summed E-state index contributed by atoms with van der Waals surface area (Å²) < 4.78 is 31.0. The Balaban J connectivity index is 1.37. The van der Waals surface area contributed by atoms with Gasteiger partial charge in [-0.1, -0.05) is 36.4 Å².